The van der Waals surface area contributed by atoms with E-state index in [1.165, 1.54) is 33.8 Å². The monoisotopic (exact) mass is 491 g/mol. The number of anilines is 1. The second-order valence-corrected chi connectivity index (χ2v) is 9.92. The van der Waals surface area contributed by atoms with Crippen molar-refractivity contribution in [1.82, 2.24) is 9.03 Å². The maximum atomic E-state index is 13.3. The molecular formula is C17H16BrClFN3O2S2. The van der Waals surface area contributed by atoms with Gasteiger partial charge in [-0.05, 0) is 52.7 Å². The van der Waals surface area contributed by atoms with Gasteiger partial charge >= 0.3 is 0 Å². The van der Waals surface area contributed by atoms with Crippen LogP contribution in [-0.2, 0) is 16.0 Å². The predicted molar refractivity (Wildman–Crippen MR) is 111 cm³/mol. The third kappa shape index (κ3) is 4.85. The molecule has 3 unspecified atom stereocenters. The summed E-state index contributed by atoms with van der Waals surface area (Å²) in [6, 6.07) is 6.93. The van der Waals surface area contributed by atoms with Crippen LogP contribution in [0.4, 0.5) is 10.1 Å². The molecule has 5 nitrogen and oxygen atoms in total. The normalized spacial score (nSPS) is 23.1. The summed E-state index contributed by atoms with van der Waals surface area (Å²) in [4.78, 5) is 13.9. The summed E-state index contributed by atoms with van der Waals surface area (Å²) < 4.78 is 31.5. The Morgan fingerprint density at radius 2 is 2.30 bits per heavy atom. The lowest BCUT2D eigenvalue weighted by molar-refractivity contribution is -0.120. The van der Waals surface area contributed by atoms with E-state index in [4.69, 9.17) is 11.6 Å². The number of hydrogen-bond donors (Lipinski definition) is 2. The molecule has 1 aromatic carbocycles. The summed E-state index contributed by atoms with van der Waals surface area (Å²) >= 11 is 9.16. The number of carbonyl (C=O) groups is 1. The van der Waals surface area contributed by atoms with E-state index >= 15 is 0 Å². The van der Waals surface area contributed by atoms with Gasteiger partial charge < -0.3 is 5.32 Å². The van der Waals surface area contributed by atoms with Crippen LogP contribution in [0.1, 0.15) is 17.3 Å². The summed E-state index contributed by atoms with van der Waals surface area (Å²) in [6.07, 6.45) is 2.02. The molecule has 1 amide bonds. The Balaban J connectivity index is 1.82. The number of amides is 1. The number of thiophene rings is 1. The summed E-state index contributed by atoms with van der Waals surface area (Å²) in [5.74, 6) is -0.899. The van der Waals surface area contributed by atoms with E-state index in [-0.39, 0.29) is 23.5 Å². The minimum atomic E-state index is -1.56. The highest BCUT2D eigenvalue weighted by molar-refractivity contribution is 9.11. The lowest BCUT2D eigenvalue weighted by atomic mass is 10.0. The zero-order valence-electron chi connectivity index (χ0n) is 14.0. The van der Waals surface area contributed by atoms with E-state index in [2.05, 4.69) is 32.5 Å². The van der Waals surface area contributed by atoms with Crippen molar-refractivity contribution in [1.29, 1.82) is 0 Å². The minimum Gasteiger partial charge on any atom is -0.325 e. The maximum absolute atomic E-state index is 13.3. The first kappa shape index (κ1) is 20.6. The fourth-order valence-electron chi connectivity index (χ4n) is 2.74. The van der Waals surface area contributed by atoms with Crippen molar-refractivity contribution < 1.29 is 13.4 Å². The fraction of sp³-hybridized carbons (Fsp3) is 0.235. The van der Waals surface area contributed by atoms with Crippen LogP contribution in [0.25, 0.3) is 0 Å². The molecule has 2 aromatic rings. The number of benzene rings is 1. The molecule has 2 heterocycles. The van der Waals surface area contributed by atoms with Crippen LogP contribution < -0.4 is 10.0 Å². The molecule has 0 radical (unpaired) electrons. The Hall–Kier alpha value is -1.10. The molecule has 27 heavy (non-hydrogen) atoms. The smallest absolute Gasteiger partial charge is 0.242 e. The number of nitrogens with one attached hydrogen (secondary N) is 2. The van der Waals surface area contributed by atoms with Crippen molar-refractivity contribution in [2.75, 3.05) is 11.9 Å². The Bertz CT molecular complexity index is 895. The van der Waals surface area contributed by atoms with Crippen molar-refractivity contribution in [3.8, 4) is 0 Å². The standard InChI is InChI=1S/C17H16BrClFN3O2S2/c1-2-7-23-14(17(24)21-10-3-4-12(20)11(19)8-10)9-13(22-27(23)25)15-5-6-16(18)26-15/h2-6,8,13-14,22H,1,7,9H2,(H,21,24). The minimum absolute atomic E-state index is 0.0778. The molecule has 3 atom stereocenters. The maximum Gasteiger partial charge on any atom is 0.242 e. The summed E-state index contributed by atoms with van der Waals surface area (Å²) in [6.45, 7) is 3.95. The number of halogens is 3. The van der Waals surface area contributed by atoms with E-state index in [0.717, 1.165) is 8.66 Å². The molecule has 1 fully saturated rings. The van der Waals surface area contributed by atoms with Gasteiger partial charge in [0.05, 0.1) is 14.9 Å². The summed E-state index contributed by atoms with van der Waals surface area (Å²) in [5.41, 5.74) is 0.379. The first-order valence-electron chi connectivity index (χ1n) is 7.95. The van der Waals surface area contributed by atoms with E-state index < -0.39 is 23.0 Å². The SMILES string of the molecule is C=CCN1C(C(=O)Nc2ccc(F)c(Cl)c2)CC(c2ccc(Br)s2)NS1=O. The third-order valence-corrected chi connectivity index (χ3v) is 7.34. The van der Waals surface area contributed by atoms with Crippen molar-refractivity contribution in [3.63, 3.8) is 0 Å². The van der Waals surface area contributed by atoms with Gasteiger partial charge in [-0.2, -0.15) is 4.31 Å². The van der Waals surface area contributed by atoms with Gasteiger partial charge in [-0.1, -0.05) is 17.7 Å². The molecule has 0 saturated carbocycles. The Morgan fingerprint density at radius 3 is 2.93 bits per heavy atom. The lowest BCUT2D eigenvalue weighted by Crippen LogP contribution is -2.54. The van der Waals surface area contributed by atoms with Gasteiger partial charge in [-0.25, -0.2) is 13.3 Å². The molecular weight excluding hydrogens is 477 g/mol. The van der Waals surface area contributed by atoms with Gasteiger partial charge in [-0.15, -0.1) is 17.9 Å². The van der Waals surface area contributed by atoms with Crippen LogP contribution in [0.5, 0.6) is 0 Å². The molecule has 2 N–H and O–H groups in total. The van der Waals surface area contributed by atoms with Gasteiger partial charge in [-0.3, -0.25) is 4.79 Å². The Kier molecular flexibility index (Phi) is 6.83. The van der Waals surface area contributed by atoms with Crippen LogP contribution >= 0.6 is 38.9 Å². The zero-order valence-corrected chi connectivity index (χ0v) is 17.9. The van der Waals surface area contributed by atoms with Gasteiger partial charge in [0.25, 0.3) is 0 Å². The second kappa shape index (κ2) is 8.93. The highest BCUT2D eigenvalue weighted by Crippen LogP contribution is 2.34. The number of carbonyl (C=O) groups excluding carboxylic acids is 1. The van der Waals surface area contributed by atoms with Gasteiger partial charge in [0.1, 0.15) is 11.9 Å². The quantitative estimate of drug-likeness (QED) is 0.607. The van der Waals surface area contributed by atoms with Crippen molar-refractivity contribution in [2.24, 2.45) is 0 Å². The largest absolute Gasteiger partial charge is 0.325 e. The van der Waals surface area contributed by atoms with Crippen molar-refractivity contribution >= 4 is 61.6 Å². The van der Waals surface area contributed by atoms with Gasteiger partial charge in [0.15, 0.2) is 11.2 Å². The van der Waals surface area contributed by atoms with Crippen molar-refractivity contribution in [2.45, 2.75) is 18.5 Å². The highest BCUT2D eigenvalue weighted by Gasteiger charge is 2.38. The molecule has 0 aliphatic carbocycles. The summed E-state index contributed by atoms with van der Waals surface area (Å²) in [5, 5.41) is 2.65. The van der Waals surface area contributed by atoms with Crippen LogP contribution in [0.3, 0.4) is 0 Å². The van der Waals surface area contributed by atoms with E-state index in [0.29, 0.717) is 12.1 Å². The molecule has 0 bridgehead atoms. The molecule has 1 aliphatic heterocycles. The first-order chi connectivity index (χ1) is 12.9. The number of nitrogens with zero attached hydrogens (tertiary/aromatic N) is 1. The molecule has 3 rings (SSSR count). The number of rotatable bonds is 5. The van der Waals surface area contributed by atoms with Gasteiger partial charge in [0, 0.05) is 17.1 Å². The van der Waals surface area contributed by atoms with E-state index in [9.17, 15) is 13.4 Å². The highest BCUT2D eigenvalue weighted by atomic mass is 79.9. The molecule has 1 aromatic heterocycles. The van der Waals surface area contributed by atoms with Gasteiger partial charge in [0.2, 0.25) is 5.91 Å². The van der Waals surface area contributed by atoms with Crippen molar-refractivity contribution in [3.05, 3.63) is 62.5 Å². The Morgan fingerprint density at radius 1 is 1.52 bits per heavy atom. The third-order valence-electron chi connectivity index (χ3n) is 4.00. The van der Waals surface area contributed by atoms with E-state index in [1.807, 2.05) is 12.1 Å². The zero-order chi connectivity index (χ0) is 19.6. The Labute approximate surface area is 176 Å². The second-order valence-electron chi connectivity index (χ2n) is 5.82. The average Bonchev–Trinajstić information content (AvgIpc) is 3.06. The van der Waals surface area contributed by atoms with Crippen LogP contribution in [0.15, 0.2) is 46.8 Å². The first-order valence-corrected chi connectivity index (χ1v) is 11.0. The fourth-order valence-corrected chi connectivity index (χ4v) is 5.74. The summed E-state index contributed by atoms with van der Waals surface area (Å²) in [7, 11) is 0. The lowest BCUT2D eigenvalue weighted by Gasteiger charge is -2.36. The van der Waals surface area contributed by atoms with Crippen LogP contribution in [-0.4, -0.2) is 27.0 Å². The molecule has 0 spiro atoms. The molecule has 144 valence electrons. The molecule has 1 aliphatic rings. The average molecular weight is 493 g/mol. The van der Waals surface area contributed by atoms with E-state index in [1.54, 1.807) is 6.08 Å². The van der Waals surface area contributed by atoms with Crippen LogP contribution in [0.2, 0.25) is 5.02 Å². The molecule has 10 heteroatoms. The topological polar surface area (TPSA) is 61.4 Å². The van der Waals surface area contributed by atoms with Crippen LogP contribution in [0, 0.1) is 5.82 Å². The molecule has 1 saturated heterocycles. The number of hydrogen-bond acceptors (Lipinski definition) is 3. The predicted octanol–water partition coefficient (Wildman–Crippen LogP) is 4.41.